The van der Waals surface area contributed by atoms with Crippen molar-refractivity contribution in [3.8, 4) is 16.9 Å². The highest BCUT2D eigenvalue weighted by atomic mass is 127. The molecular weight excluding hydrogens is 610 g/mol. The van der Waals surface area contributed by atoms with E-state index in [0.29, 0.717) is 22.6 Å². The van der Waals surface area contributed by atoms with Crippen molar-refractivity contribution in [2.75, 3.05) is 25.1 Å². The first kappa shape index (κ1) is 26.6. The number of ether oxygens (including phenoxy) is 2. The minimum atomic E-state index is -4.49. The van der Waals surface area contributed by atoms with Crippen LogP contribution in [0, 0.1) is 10.5 Å². The van der Waals surface area contributed by atoms with Crippen LogP contribution in [0.5, 0.6) is 5.75 Å². The molecule has 6 nitrogen and oxygen atoms in total. The van der Waals surface area contributed by atoms with Gasteiger partial charge in [-0.05, 0) is 90.9 Å². The number of rotatable bonds is 6. The van der Waals surface area contributed by atoms with Crippen molar-refractivity contribution >= 4 is 34.5 Å². The number of aryl methyl sites for hydroxylation is 1. The number of hydrogen-bond donors (Lipinski definition) is 0. The zero-order chi connectivity index (χ0) is 27.2. The molecule has 38 heavy (non-hydrogen) atoms. The minimum absolute atomic E-state index is 0.139. The second-order valence-corrected chi connectivity index (χ2v) is 10.9. The fraction of sp³-hybridized carbons (Fsp3) is 0.357. The molecule has 1 amide bonds. The standard InChI is InChI=1S/C28H27F3IN3O3/c1-16-11-18(13-19(12-16)28(29,30)31)26-17(2)35(27(36)38-26)15-23-21(6-8-25(33-23)34-9-4-10-34)22-14-20(32)5-7-24(22)37-3/h5-8,11-14,17,26H,4,9-10,15H2,1-3H3/t17-,26-/m0/s1. The molecule has 3 heterocycles. The molecule has 0 unspecified atom stereocenters. The maximum Gasteiger partial charge on any atom is 0.416 e. The summed E-state index contributed by atoms with van der Waals surface area (Å²) in [5, 5.41) is 0. The number of cyclic esters (lactones) is 1. The molecule has 0 spiro atoms. The highest BCUT2D eigenvalue weighted by Gasteiger charge is 2.41. The lowest BCUT2D eigenvalue weighted by atomic mass is 9.97. The van der Waals surface area contributed by atoms with Crippen LogP contribution in [-0.2, 0) is 17.5 Å². The normalized spacial score (nSPS) is 19.4. The number of alkyl halides is 3. The molecule has 5 rings (SSSR count). The van der Waals surface area contributed by atoms with Crippen molar-refractivity contribution in [1.29, 1.82) is 0 Å². The van der Waals surface area contributed by atoms with E-state index in [1.807, 2.05) is 30.3 Å². The number of hydrogen-bond acceptors (Lipinski definition) is 5. The maximum atomic E-state index is 13.5. The smallest absolute Gasteiger partial charge is 0.416 e. The van der Waals surface area contributed by atoms with Crippen molar-refractivity contribution < 1.29 is 27.4 Å². The largest absolute Gasteiger partial charge is 0.496 e. The van der Waals surface area contributed by atoms with E-state index >= 15 is 0 Å². The summed E-state index contributed by atoms with van der Waals surface area (Å²) in [7, 11) is 1.61. The monoisotopic (exact) mass is 637 g/mol. The number of nitrogens with zero attached hydrogens (tertiary/aromatic N) is 3. The summed E-state index contributed by atoms with van der Waals surface area (Å²) >= 11 is 2.24. The molecule has 0 aliphatic carbocycles. The van der Waals surface area contributed by atoms with Gasteiger partial charge in [-0.3, -0.25) is 4.90 Å². The number of carbonyl (C=O) groups is 1. The molecule has 1 aromatic heterocycles. The highest BCUT2D eigenvalue weighted by Crippen LogP contribution is 2.40. The average Bonchev–Trinajstić information content (AvgIpc) is 3.10. The third-order valence-corrected chi connectivity index (χ3v) is 7.73. The molecule has 200 valence electrons. The Morgan fingerprint density at radius 1 is 1.11 bits per heavy atom. The quantitative estimate of drug-likeness (QED) is 0.273. The number of aromatic nitrogens is 1. The van der Waals surface area contributed by atoms with E-state index in [2.05, 4.69) is 27.5 Å². The molecule has 2 fully saturated rings. The highest BCUT2D eigenvalue weighted by molar-refractivity contribution is 14.1. The first-order valence-electron chi connectivity index (χ1n) is 12.3. The molecule has 2 saturated heterocycles. The Labute approximate surface area is 232 Å². The van der Waals surface area contributed by atoms with Gasteiger partial charge in [0.25, 0.3) is 0 Å². The van der Waals surface area contributed by atoms with Crippen LogP contribution >= 0.6 is 22.6 Å². The lowest BCUT2D eigenvalue weighted by Crippen LogP contribution is -2.38. The Morgan fingerprint density at radius 2 is 1.87 bits per heavy atom. The van der Waals surface area contributed by atoms with E-state index in [-0.39, 0.29) is 6.54 Å². The van der Waals surface area contributed by atoms with Crippen molar-refractivity contribution in [2.45, 2.75) is 45.1 Å². The van der Waals surface area contributed by atoms with Crippen LogP contribution < -0.4 is 9.64 Å². The number of anilines is 1. The molecule has 10 heteroatoms. The first-order valence-corrected chi connectivity index (χ1v) is 13.4. The summed E-state index contributed by atoms with van der Waals surface area (Å²) in [4.78, 5) is 21.7. The lowest BCUT2D eigenvalue weighted by molar-refractivity contribution is -0.137. The van der Waals surface area contributed by atoms with Gasteiger partial charge in [0.2, 0.25) is 0 Å². The van der Waals surface area contributed by atoms with Gasteiger partial charge in [-0.1, -0.05) is 11.6 Å². The molecule has 2 aliphatic heterocycles. The van der Waals surface area contributed by atoms with Gasteiger partial charge in [0, 0.05) is 27.8 Å². The van der Waals surface area contributed by atoms with E-state index in [9.17, 15) is 18.0 Å². The SMILES string of the molecule is COc1ccc(I)cc1-c1ccc(N2CCC2)nc1CN1C(=O)O[C@H](c2cc(C)cc(C(F)(F)F)c2)[C@@H]1C. The van der Waals surface area contributed by atoms with Crippen LogP contribution in [0.25, 0.3) is 11.1 Å². The zero-order valence-electron chi connectivity index (χ0n) is 21.2. The second-order valence-electron chi connectivity index (χ2n) is 9.65. The summed E-state index contributed by atoms with van der Waals surface area (Å²) in [6.45, 7) is 5.36. The van der Waals surface area contributed by atoms with Crippen LogP contribution in [0.2, 0.25) is 0 Å². The molecule has 0 radical (unpaired) electrons. The molecule has 0 saturated carbocycles. The average molecular weight is 637 g/mol. The predicted molar refractivity (Wildman–Crippen MR) is 146 cm³/mol. The third kappa shape index (κ3) is 5.14. The Kier molecular flexibility index (Phi) is 7.19. The topological polar surface area (TPSA) is 54.9 Å². The Balaban J connectivity index is 1.51. The summed E-state index contributed by atoms with van der Waals surface area (Å²) < 4.78 is 52.7. The van der Waals surface area contributed by atoms with Crippen LogP contribution in [0.3, 0.4) is 0 Å². The van der Waals surface area contributed by atoms with Gasteiger partial charge in [-0.15, -0.1) is 0 Å². The van der Waals surface area contributed by atoms with Gasteiger partial charge in [0.05, 0.1) is 31.0 Å². The van der Waals surface area contributed by atoms with E-state index in [4.69, 9.17) is 14.5 Å². The van der Waals surface area contributed by atoms with Gasteiger partial charge in [-0.25, -0.2) is 9.78 Å². The lowest BCUT2D eigenvalue weighted by Gasteiger charge is -2.33. The Bertz CT molecular complexity index is 1380. The number of amides is 1. The third-order valence-electron chi connectivity index (χ3n) is 7.06. The van der Waals surface area contributed by atoms with E-state index in [1.54, 1.807) is 27.0 Å². The molecule has 3 aromatic rings. The van der Waals surface area contributed by atoms with Crippen LogP contribution in [0.4, 0.5) is 23.8 Å². The van der Waals surface area contributed by atoms with Crippen LogP contribution in [0.15, 0.2) is 48.5 Å². The summed E-state index contributed by atoms with van der Waals surface area (Å²) in [6, 6.07) is 13.1. The Hall–Kier alpha value is -3.02. The van der Waals surface area contributed by atoms with Crippen LogP contribution in [0.1, 0.15) is 41.8 Å². The summed E-state index contributed by atoms with van der Waals surface area (Å²) in [5.41, 5.74) is 2.35. The molecular formula is C28H27F3IN3O3. The fourth-order valence-electron chi connectivity index (χ4n) is 4.93. The maximum absolute atomic E-state index is 13.5. The van der Waals surface area contributed by atoms with Gasteiger partial charge in [0.1, 0.15) is 17.7 Å². The van der Waals surface area contributed by atoms with Gasteiger partial charge >= 0.3 is 12.3 Å². The molecule has 2 aromatic carbocycles. The fourth-order valence-corrected chi connectivity index (χ4v) is 5.42. The second kappa shape index (κ2) is 10.3. The van der Waals surface area contributed by atoms with E-state index in [0.717, 1.165) is 52.2 Å². The van der Waals surface area contributed by atoms with Crippen LogP contribution in [-0.4, -0.2) is 42.2 Å². The zero-order valence-corrected chi connectivity index (χ0v) is 23.3. The molecule has 2 atom stereocenters. The number of carbonyl (C=O) groups excluding carboxylic acids is 1. The Morgan fingerprint density at radius 3 is 2.53 bits per heavy atom. The first-order chi connectivity index (χ1) is 18.0. The van der Waals surface area contributed by atoms with Crippen molar-refractivity contribution in [1.82, 2.24) is 9.88 Å². The predicted octanol–water partition coefficient (Wildman–Crippen LogP) is 6.98. The number of pyridine rings is 1. The summed E-state index contributed by atoms with van der Waals surface area (Å²) in [5.74, 6) is 1.50. The minimum Gasteiger partial charge on any atom is -0.496 e. The van der Waals surface area contributed by atoms with Gasteiger partial charge in [0.15, 0.2) is 0 Å². The van der Waals surface area contributed by atoms with Gasteiger partial charge < -0.3 is 14.4 Å². The van der Waals surface area contributed by atoms with Crippen molar-refractivity contribution in [2.24, 2.45) is 0 Å². The van der Waals surface area contributed by atoms with Gasteiger partial charge in [-0.2, -0.15) is 13.2 Å². The molecule has 2 aliphatic rings. The van der Waals surface area contributed by atoms with Crippen molar-refractivity contribution in [3.63, 3.8) is 0 Å². The van der Waals surface area contributed by atoms with Crippen molar-refractivity contribution in [3.05, 3.63) is 74.5 Å². The van der Waals surface area contributed by atoms with E-state index < -0.39 is 30.0 Å². The number of benzene rings is 2. The molecule has 0 N–H and O–H groups in total. The molecule has 0 bridgehead atoms. The number of halogens is 4. The summed E-state index contributed by atoms with van der Waals surface area (Å²) in [6.07, 6.45) is -4.82. The van der Waals surface area contributed by atoms with E-state index in [1.165, 1.54) is 4.90 Å². The number of methoxy groups -OCH3 is 1.